The second kappa shape index (κ2) is 5.30. The first-order valence-corrected chi connectivity index (χ1v) is 6.95. The van der Waals surface area contributed by atoms with Gasteiger partial charge in [-0.05, 0) is 17.0 Å². The van der Waals surface area contributed by atoms with E-state index in [1.54, 1.807) is 6.08 Å². The lowest BCUT2D eigenvalue weighted by molar-refractivity contribution is -0.123. The first-order valence-electron chi connectivity index (χ1n) is 6.07. The summed E-state index contributed by atoms with van der Waals surface area (Å²) in [5.74, 6) is -0.319. The second-order valence-corrected chi connectivity index (χ2v) is 5.25. The molecule has 2 amide bonds. The number of benzene rings is 1. The van der Waals surface area contributed by atoms with Crippen LogP contribution in [0.5, 0.6) is 0 Å². The van der Waals surface area contributed by atoms with Gasteiger partial charge in [-0.15, -0.1) is 11.3 Å². The molecule has 100 valence electrons. The van der Waals surface area contributed by atoms with Crippen LogP contribution < -0.4 is 0 Å². The van der Waals surface area contributed by atoms with Gasteiger partial charge in [0, 0.05) is 11.0 Å². The number of ether oxygens (including phenoxy) is 1. The molecule has 0 N–H and O–H groups in total. The minimum Gasteiger partial charge on any atom is -0.404 e. The second-order valence-electron chi connectivity index (χ2n) is 4.27. The van der Waals surface area contributed by atoms with Crippen LogP contribution in [0.3, 0.4) is 0 Å². The summed E-state index contributed by atoms with van der Waals surface area (Å²) in [5.41, 5.74) is 0.884. The molecular weight excluding hydrogens is 274 g/mol. The van der Waals surface area contributed by atoms with Crippen LogP contribution >= 0.6 is 11.3 Å². The fraction of sp³-hybridized carbons (Fsp3) is 0.0667. The molecule has 1 aromatic carbocycles. The molecule has 5 heteroatoms. The lowest BCUT2D eigenvalue weighted by Crippen LogP contribution is -2.28. The van der Waals surface area contributed by atoms with Gasteiger partial charge in [-0.3, -0.25) is 4.79 Å². The summed E-state index contributed by atoms with van der Waals surface area (Å²) in [6.07, 6.45) is 0.970. The van der Waals surface area contributed by atoms with Gasteiger partial charge in [0.05, 0.1) is 6.54 Å². The Bertz CT molecular complexity index is 662. The van der Waals surface area contributed by atoms with Crippen LogP contribution in [0.2, 0.25) is 0 Å². The van der Waals surface area contributed by atoms with Crippen LogP contribution in [0.4, 0.5) is 4.79 Å². The molecule has 1 aliphatic heterocycles. The number of imide groups is 1. The Kier molecular flexibility index (Phi) is 3.35. The predicted octanol–water partition coefficient (Wildman–Crippen LogP) is 3.27. The summed E-state index contributed by atoms with van der Waals surface area (Å²) in [6.45, 7) is 0.223. The van der Waals surface area contributed by atoms with Crippen molar-refractivity contribution in [3.8, 4) is 0 Å². The topological polar surface area (TPSA) is 46.6 Å². The van der Waals surface area contributed by atoms with E-state index in [9.17, 15) is 9.59 Å². The number of nitrogens with zero attached hydrogens (tertiary/aromatic N) is 1. The number of carbonyl (C=O) groups is 2. The molecule has 0 spiro atoms. The monoisotopic (exact) mass is 285 g/mol. The molecule has 3 rings (SSSR count). The normalized spacial score (nSPS) is 16.8. The number of cyclic esters (lactones) is 1. The van der Waals surface area contributed by atoms with Crippen molar-refractivity contribution in [1.82, 2.24) is 4.90 Å². The summed E-state index contributed by atoms with van der Waals surface area (Å²) >= 11 is 1.48. The molecule has 0 unspecified atom stereocenters. The maximum atomic E-state index is 12.2. The van der Waals surface area contributed by atoms with E-state index in [4.69, 9.17) is 4.74 Å². The molecule has 0 atom stereocenters. The molecule has 2 heterocycles. The van der Waals surface area contributed by atoms with Crippen molar-refractivity contribution in [2.45, 2.75) is 6.54 Å². The van der Waals surface area contributed by atoms with Gasteiger partial charge in [0.15, 0.2) is 5.76 Å². The lowest BCUT2D eigenvalue weighted by Gasteiger charge is -2.09. The number of amides is 2. The first-order chi connectivity index (χ1) is 9.74. The van der Waals surface area contributed by atoms with E-state index in [0.717, 1.165) is 15.3 Å². The zero-order chi connectivity index (χ0) is 13.9. The highest BCUT2D eigenvalue weighted by atomic mass is 32.1. The summed E-state index contributed by atoms with van der Waals surface area (Å²) in [5, 5.41) is 1.90. The molecule has 0 saturated carbocycles. The molecule has 4 nitrogen and oxygen atoms in total. The Balaban J connectivity index is 1.81. The highest BCUT2D eigenvalue weighted by molar-refractivity contribution is 7.10. The zero-order valence-corrected chi connectivity index (χ0v) is 11.3. The van der Waals surface area contributed by atoms with Gasteiger partial charge in [-0.2, -0.15) is 0 Å². The predicted molar refractivity (Wildman–Crippen MR) is 75.8 cm³/mol. The molecule has 1 saturated heterocycles. The summed E-state index contributed by atoms with van der Waals surface area (Å²) in [6, 6.07) is 13.1. The van der Waals surface area contributed by atoms with Crippen molar-refractivity contribution >= 4 is 29.4 Å². The van der Waals surface area contributed by atoms with Gasteiger partial charge in [-0.1, -0.05) is 36.4 Å². The Morgan fingerprint density at radius 1 is 1.10 bits per heavy atom. The number of hydrogen-bond acceptors (Lipinski definition) is 4. The molecule has 1 aliphatic rings. The Morgan fingerprint density at radius 2 is 1.90 bits per heavy atom. The van der Waals surface area contributed by atoms with Gasteiger partial charge < -0.3 is 4.74 Å². The Labute approximate surface area is 119 Å². The van der Waals surface area contributed by atoms with Gasteiger partial charge in [0.2, 0.25) is 0 Å². The third kappa shape index (κ3) is 2.48. The van der Waals surface area contributed by atoms with Crippen molar-refractivity contribution in [3.05, 3.63) is 64.0 Å². The van der Waals surface area contributed by atoms with Crippen molar-refractivity contribution in [2.75, 3.05) is 0 Å². The number of thiophene rings is 1. The van der Waals surface area contributed by atoms with E-state index in [0.29, 0.717) is 0 Å². The van der Waals surface area contributed by atoms with Crippen LogP contribution in [-0.2, 0) is 16.1 Å². The highest BCUT2D eigenvalue weighted by Gasteiger charge is 2.36. The van der Waals surface area contributed by atoms with Crippen LogP contribution in [0.1, 0.15) is 10.4 Å². The fourth-order valence-corrected chi connectivity index (χ4v) is 2.55. The molecule has 20 heavy (non-hydrogen) atoms. The largest absolute Gasteiger partial charge is 0.422 e. The van der Waals surface area contributed by atoms with Gasteiger partial charge in [0.25, 0.3) is 5.91 Å². The average molecular weight is 285 g/mol. The maximum absolute atomic E-state index is 12.2. The van der Waals surface area contributed by atoms with Crippen molar-refractivity contribution in [3.63, 3.8) is 0 Å². The average Bonchev–Trinajstić information content (AvgIpc) is 3.05. The van der Waals surface area contributed by atoms with E-state index >= 15 is 0 Å². The Hall–Kier alpha value is -2.40. The van der Waals surface area contributed by atoms with Gasteiger partial charge >= 0.3 is 6.09 Å². The molecular formula is C15H11NO3S. The van der Waals surface area contributed by atoms with E-state index in [-0.39, 0.29) is 12.3 Å². The van der Waals surface area contributed by atoms with Crippen molar-refractivity contribution < 1.29 is 14.3 Å². The van der Waals surface area contributed by atoms with E-state index in [1.165, 1.54) is 11.3 Å². The van der Waals surface area contributed by atoms with Gasteiger partial charge in [0.1, 0.15) is 0 Å². The lowest BCUT2D eigenvalue weighted by atomic mass is 10.2. The Morgan fingerprint density at radius 3 is 2.60 bits per heavy atom. The minimum absolute atomic E-state index is 0.0772. The summed E-state index contributed by atoms with van der Waals surface area (Å²) in [4.78, 5) is 25.9. The first kappa shape index (κ1) is 12.6. The van der Waals surface area contributed by atoms with Gasteiger partial charge in [-0.25, -0.2) is 9.69 Å². The zero-order valence-electron chi connectivity index (χ0n) is 10.5. The van der Waals surface area contributed by atoms with Crippen LogP contribution in [-0.4, -0.2) is 16.9 Å². The molecule has 2 aromatic rings. The third-order valence-electron chi connectivity index (χ3n) is 2.87. The van der Waals surface area contributed by atoms with Crippen LogP contribution in [0.25, 0.3) is 6.08 Å². The molecule has 1 fully saturated rings. The number of hydrogen-bond donors (Lipinski definition) is 0. The SMILES string of the molecule is O=C1O/C(=C\c2cccs2)C(=O)N1Cc1ccccc1. The summed E-state index contributed by atoms with van der Waals surface area (Å²) < 4.78 is 5.04. The highest BCUT2D eigenvalue weighted by Crippen LogP contribution is 2.23. The van der Waals surface area contributed by atoms with E-state index in [1.807, 2.05) is 47.8 Å². The van der Waals surface area contributed by atoms with Crippen LogP contribution in [0, 0.1) is 0 Å². The van der Waals surface area contributed by atoms with Crippen molar-refractivity contribution in [2.24, 2.45) is 0 Å². The van der Waals surface area contributed by atoms with Crippen LogP contribution in [0.15, 0.2) is 53.6 Å². The standard InChI is InChI=1S/C15H11NO3S/c17-14-13(9-12-7-4-8-20-12)19-15(18)16(14)10-11-5-2-1-3-6-11/h1-9H,10H2/b13-9-. The third-order valence-corrected chi connectivity index (χ3v) is 3.69. The molecule has 0 bridgehead atoms. The number of rotatable bonds is 3. The molecule has 0 radical (unpaired) electrons. The minimum atomic E-state index is -0.623. The smallest absolute Gasteiger partial charge is 0.404 e. The fourth-order valence-electron chi connectivity index (χ4n) is 1.90. The number of carbonyl (C=O) groups excluding carboxylic acids is 2. The van der Waals surface area contributed by atoms with Crippen molar-refractivity contribution in [1.29, 1.82) is 0 Å². The van der Waals surface area contributed by atoms with E-state index < -0.39 is 12.0 Å². The van der Waals surface area contributed by atoms with E-state index in [2.05, 4.69) is 0 Å². The molecule has 0 aliphatic carbocycles. The maximum Gasteiger partial charge on any atom is 0.422 e. The quantitative estimate of drug-likeness (QED) is 0.813. The molecule has 1 aromatic heterocycles. The summed E-state index contributed by atoms with van der Waals surface area (Å²) in [7, 11) is 0.